The molecule has 0 amide bonds. The topological polar surface area (TPSA) is 61.9 Å². The molecule has 0 saturated carbocycles. The van der Waals surface area contributed by atoms with E-state index in [-0.39, 0.29) is 11.0 Å². The fourth-order valence-corrected chi connectivity index (χ4v) is 5.24. The van der Waals surface area contributed by atoms with Gasteiger partial charge < -0.3 is 4.98 Å². The summed E-state index contributed by atoms with van der Waals surface area (Å²) >= 11 is 1.78. The number of fused-ring (bicyclic) bond motifs is 2. The maximum atomic E-state index is 12.2. The molecule has 2 aromatic heterocycles. The Morgan fingerprint density at radius 3 is 2.72 bits per heavy atom. The average Bonchev–Trinajstić information content (AvgIpc) is 3.16. The third kappa shape index (κ3) is 3.06. The summed E-state index contributed by atoms with van der Waals surface area (Å²) in [5, 5.41) is 3.41. The van der Waals surface area contributed by atoms with E-state index in [1.807, 2.05) is 6.92 Å². The molecule has 0 atom stereocenters. The van der Waals surface area contributed by atoms with Gasteiger partial charge in [0.1, 0.15) is 10.8 Å². The van der Waals surface area contributed by atoms with Crippen molar-refractivity contribution in [3.05, 3.63) is 43.5 Å². The molecule has 0 radical (unpaired) electrons. The van der Waals surface area contributed by atoms with E-state index in [9.17, 15) is 4.79 Å². The molecular weight excluding hydrogens is 332 g/mol. The number of thiazole rings is 1. The van der Waals surface area contributed by atoms with Gasteiger partial charge in [0.2, 0.25) is 0 Å². The fourth-order valence-electron chi connectivity index (χ4n) is 4.24. The van der Waals surface area contributed by atoms with Gasteiger partial charge in [-0.2, -0.15) is 0 Å². The van der Waals surface area contributed by atoms with E-state index in [4.69, 9.17) is 9.97 Å². The Morgan fingerprint density at radius 2 is 2.04 bits per heavy atom. The monoisotopic (exact) mass is 358 g/mol. The second-order valence-corrected chi connectivity index (χ2v) is 8.80. The molecule has 1 aliphatic heterocycles. The van der Waals surface area contributed by atoms with Crippen LogP contribution in [0.4, 0.5) is 0 Å². The van der Waals surface area contributed by atoms with Crippen molar-refractivity contribution in [2.24, 2.45) is 0 Å². The van der Waals surface area contributed by atoms with E-state index < -0.39 is 0 Å². The molecule has 2 aromatic rings. The SMILES string of the molecule is Cc1nc2c(c(=O)[nH]1)CCC21CCN(Cc2nc(C(C)C)cs2)CC1. The number of H-pyrrole nitrogens is 1. The zero-order valence-electron chi connectivity index (χ0n) is 15.3. The van der Waals surface area contributed by atoms with Crippen LogP contribution in [0, 0.1) is 6.92 Å². The quantitative estimate of drug-likeness (QED) is 0.916. The highest BCUT2D eigenvalue weighted by Gasteiger charge is 2.43. The van der Waals surface area contributed by atoms with Gasteiger partial charge in [-0.15, -0.1) is 11.3 Å². The number of aryl methyl sites for hydroxylation is 1. The number of likely N-dealkylation sites (tertiary alicyclic amines) is 1. The van der Waals surface area contributed by atoms with Crippen molar-refractivity contribution >= 4 is 11.3 Å². The van der Waals surface area contributed by atoms with Gasteiger partial charge in [0.15, 0.2) is 0 Å². The van der Waals surface area contributed by atoms with Crippen molar-refractivity contribution in [1.29, 1.82) is 0 Å². The Labute approximate surface area is 152 Å². The summed E-state index contributed by atoms with van der Waals surface area (Å²) in [6, 6.07) is 0. The first kappa shape index (κ1) is 16.9. The van der Waals surface area contributed by atoms with Crippen LogP contribution in [0.15, 0.2) is 10.2 Å². The summed E-state index contributed by atoms with van der Waals surface area (Å²) in [6.45, 7) is 9.34. The lowest BCUT2D eigenvalue weighted by Gasteiger charge is -2.39. The number of rotatable bonds is 3. The minimum atomic E-state index is 0.0748. The Hall–Kier alpha value is -1.53. The maximum absolute atomic E-state index is 12.2. The number of aromatic amines is 1. The van der Waals surface area contributed by atoms with Gasteiger partial charge in [-0.3, -0.25) is 9.69 Å². The Bertz CT molecular complexity index is 830. The van der Waals surface area contributed by atoms with Crippen LogP contribution in [-0.2, 0) is 18.4 Å². The molecule has 4 rings (SSSR count). The van der Waals surface area contributed by atoms with Crippen molar-refractivity contribution in [2.45, 2.75) is 64.3 Å². The van der Waals surface area contributed by atoms with Crippen LogP contribution in [0.5, 0.6) is 0 Å². The Kier molecular flexibility index (Phi) is 4.28. The highest BCUT2D eigenvalue weighted by Crippen LogP contribution is 2.44. The van der Waals surface area contributed by atoms with Crippen LogP contribution in [-0.4, -0.2) is 32.9 Å². The van der Waals surface area contributed by atoms with Gasteiger partial charge in [0.25, 0.3) is 5.56 Å². The molecule has 1 fully saturated rings. The second-order valence-electron chi connectivity index (χ2n) is 7.86. The molecule has 25 heavy (non-hydrogen) atoms. The standard InChI is InChI=1S/C19H26N4OS/c1-12(2)15-11-25-16(22-15)10-23-8-6-19(7-9-23)5-4-14-17(19)20-13(3)21-18(14)24/h11-12H,4-10H2,1-3H3,(H,20,21,24). The third-order valence-corrected chi connectivity index (χ3v) is 6.67. The van der Waals surface area contributed by atoms with Crippen molar-refractivity contribution < 1.29 is 0 Å². The predicted octanol–water partition coefficient (Wildman–Crippen LogP) is 3.14. The van der Waals surface area contributed by atoms with E-state index in [1.54, 1.807) is 11.3 Å². The van der Waals surface area contributed by atoms with Crippen molar-refractivity contribution in [1.82, 2.24) is 19.9 Å². The van der Waals surface area contributed by atoms with E-state index in [2.05, 4.69) is 29.1 Å². The summed E-state index contributed by atoms with van der Waals surface area (Å²) in [6.07, 6.45) is 4.14. The first-order valence-electron chi connectivity index (χ1n) is 9.24. The number of piperidine rings is 1. The normalized spacial score (nSPS) is 19.7. The van der Waals surface area contributed by atoms with E-state index in [0.29, 0.717) is 5.92 Å². The predicted molar refractivity (Wildman–Crippen MR) is 100 cm³/mol. The van der Waals surface area contributed by atoms with Crippen molar-refractivity contribution in [2.75, 3.05) is 13.1 Å². The van der Waals surface area contributed by atoms with Gasteiger partial charge in [0, 0.05) is 16.4 Å². The number of nitrogens with one attached hydrogen (secondary N) is 1. The van der Waals surface area contributed by atoms with Crippen LogP contribution in [0.3, 0.4) is 0 Å². The molecule has 2 aliphatic rings. The summed E-state index contributed by atoms with van der Waals surface area (Å²) in [5.41, 5.74) is 3.42. The summed E-state index contributed by atoms with van der Waals surface area (Å²) in [4.78, 5) is 27.1. The van der Waals surface area contributed by atoms with Crippen LogP contribution >= 0.6 is 11.3 Å². The van der Waals surface area contributed by atoms with E-state index in [1.165, 1.54) is 10.7 Å². The van der Waals surface area contributed by atoms with Crippen LogP contribution in [0.1, 0.15) is 66.8 Å². The van der Waals surface area contributed by atoms with Gasteiger partial charge in [-0.1, -0.05) is 13.8 Å². The summed E-state index contributed by atoms with van der Waals surface area (Å²) in [5.74, 6) is 1.24. The number of nitrogens with zero attached hydrogens (tertiary/aromatic N) is 3. The minimum Gasteiger partial charge on any atom is -0.311 e. The maximum Gasteiger partial charge on any atom is 0.254 e. The zero-order chi connectivity index (χ0) is 17.6. The lowest BCUT2D eigenvalue weighted by molar-refractivity contribution is 0.149. The molecule has 1 spiro atoms. The van der Waals surface area contributed by atoms with Crippen molar-refractivity contribution in [3.8, 4) is 0 Å². The minimum absolute atomic E-state index is 0.0748. The summed E-state index contributed by atoms with van der Waals surface area (Å²) in [7, 11) is 0. The third-order valence-electron chi connectivity index (χ3n) is 5.82. The molecule has 5 nitrogen and oxygen atoms in total. The largest absolute Gasteiger partial charge is 0.311 e. The van der Waals surface area contributed by atoms with Crippen LogP contribution in [0.2, 0.25) is 0 Å². The first-order chi connectivity index (χ1) is 12.0. The molecule has 0 bridgehead atoms. The molecular formula is C19H26N4OS. The highest BCUT2D eigenvalue weighted by atomic mass is 32.1. The van der Waals surface area contributed by atoms with E-state index >= 15 is 0 Å². The zero-order valence-corrected chi connectivity index (χ0v) is 16.1. The smallest absolute Gasteiger partial charge is 0.254 e. The first-order valence-corrected chi connectivity index (χ1v) is 10.1. The summed E-state index contributed by atoms with van der Waals surface area (Å²) < 4.78 is 0. The molecule has 1 aliphatic carbocycles. The molecule has 3 heterocycles. The van der Waals surface area contributed by atoms with Gasteiger partial charge in [0.05, 0.1) is 17.9 Å². The Balaban J connectivity index is 1.47. The lowest BCUT2D eigenvalue weighted by atomic mass is 9.76. The lowest BCUT2D eigenvalue weighted by Crippen LogP contribution is -2.41. The molecule has 6 heteroatoms. The van der Waals surface area contributed by atoms with E-state index in [0.717, 1.165) is 62.4 Å². The molecule has 0 aromatic carbocycles. The molecule has 1 saturated heterocycles. The molecule has 134 valence electrons. The molecule has 0 unspecified atom stereocenters. The van der Waals surface area contributed by atoms with Gasteiger partial charge in [-0.25, -0.2) is 9.97 Å². The number of hydrogen-bond donors (Lipinski definition) is 1. The molecule has 1 N–H and O–H groups in total. The highest BCUT2D eigenvalue weighted by molar-refractivity contribution is 7.09. The van der Waals surface area contributed by atoms with Gasteiger partial charge >= 0.3 is 0 Å². The van der Waals surface area contributed by atoms with Crippen LogP contribution < -0.4 is 5.56 Å². The Morgan fingerprint density at radius 1 is 1.28 bits per heavy atom. The fraction of sp³-hybridized carbons (Fsp3) is 0.632. The number of hydrogen-bond acceptors (Lipinski definition) is 5. The average molecular weight is 359 g/mol. The van der Waals surface area contributed by atoms with Crippen molar-refractivity contribution in [3.63, 3.8) is 0 Å². The van der Waals surface area contributed by atoms with Gasteiger partial charge in [-0.05, 0) is 51.6 Å². The van der Waals surface area contributed by atoms with Crippen LogP contribution in [0.25, 0.3) is 0 Å². The number of aromatic nitrogens is 3. The second kappa shape index (κ2) is 6.32.